The smallest absolute Gasteiger partial charge is 0.331 e. The molecule has 1 rings (SSSR count). The summed E-state index contributed by atoms with van der Waals surface area (Å²) in [6.07, 6.45) is 2.82. The summed E-state index contributed by atoms with van der Waals surface area (Å²) in [5, 5.41) is 0. The number of nitrogens with zero attached hydrogens (tertiary/aromatic N) is 1. The van der Waals surface area contributed by atoms with E-state index >= 15 is 0 Å². The van der Waals surface area contributed by atoms with Gasteiger partial charge >= 0.3 is 5.97 Å². The van der Waals surface area contributed by atoms with Crippen LogP contribution >= 0.6 is 0 Å². The summed E-state index contributed by atoms with van der Waals surface area (Å²) in [5.74, 6) is 5.37. The first-order valence-corrected chi connectivity index (χ1v) is 5.75. The molecule has 0 bridgehead atoms. The molecule has 0 heterocycles. The second-order valence-electron chi connectivity index (χ2n) is 3.80. The lowest BCUT2D eigenvalue weighted by atomic mass is 10.2. The number of carbonyl (C=O) groups is 1. The van der Waals surface area contributed by atoms with Crippen LogP contribution in [-0.2, 0) is 9.53 Å². The summed E-state index contributed by atoms with van der Waals surface area (Å²) < 4.78 is 4.74. The molecule has 0 aliphatic carbocycles. The molecule has 0 fully saturated rings. The van der Waals surface area contributed by atoms with Gasteiger partial charge in [-0.1, -0.05) is 11.8 Å². The maximum absolute atomic E-state index is 11.0. The van der Waals surface area contributed by atoms with E-state index in [4.69, 9.17) is 4.74 Å². The van der Waals surface area contributed by atoms with Crippen molar-refractivity contribution in [2.24, 2.45) is 0 Å². The second-order valence-corrected chi connectivity index (χ2v) is 3.80. The zero-order chi connectivity index (χ0) is 13.4. The van der Waals surface area contributed by atoms with Crippen LogP contribution in [0.25, 0.3) is 0 Å². The van der Waals surface area contributed by atoms with E-state index in [1.165, 1.54) is 12.2 Å². The number of rotatable bonds is 3. The predicted molar refractivity (Wildman–Crippen MR) is 73.4 cm³/mol. The largest absolute Gasteiger partial charge is 0.463 e. The molecule has 0 aromatic heterocycles. The van der Waals surface area contributed by atoms with Gasteiger partial charge in [0.15, 0.2) is 0 Å². The van der Waals surface area contributed by atoms with Crippen molar-refractivity contribution >= 4 is 11.7 Å². The number of carbonyl (C=O) groups excluding carboxylic acids is 1. The van der Waals surface area contributed by atoms with Crippen molar-refractivity contribution in [3.63, 3.8) is 0 Å². The first kappa shape index (κ1) is 13.9. The van der Waals surface area contributed by atoms with Gasteiger partial charge in [-0.15, -0.1) is 0 Å². The van der Waals surface area contributed by atoms with E-state index in [0.29, 0.717) is 6.61 Å². The Morgan fingerprint density at radius 2 is 2.00 bits per heavy atom. The molecule has 0 radical (unpaired) electrons. The molecule has 0 aliphatic rings. The van der Waals surface area contributed by atoms with Crippen molar-refractivity contribution in [1.82, 2.24) is 0 Å². The van der Waals surface area contributed by atoms with Crippen molar-refractivity contribution in [3.05, 3.63) is 42.0 Å². The minimum absolute atomic E-state index is 0.366. The van der Waals surface area contributed by atoms with Gasteiger partial charge in [0.1, 0.15) is 0 Å². The number of hydrogen-bond acceptors (Lipinski definition) is 3. The van der Waals surface area contributed by atoms with Crippen molar-refractivity contribution in [2.75, 3.05) is 25.6 Å². The zero-order valence-corrected chi connectivity index (χ0v) is 10.9. The molecule has 0 saturated heterocycles. The standard InChI is InChI=1S/C15H17NO2/c1-4-18-15(17)8-6-5-7-13-9-11-14(12-10-13)16(2)3/h6,8-12H,4H2,1-3H3/b8-6+. The minimum atomic E-state index is -0.366. The Labute approximate surface area is 108 Å². The highest BCUT2D eigenvalue weighted by Crippen LogP contribution is 2.11. The van der Waals surface area contributed by atoms with E-state index in [2.05, 4.69) is 11.8 Å². The molecule has 0 aliphatic heterocycles. The fourth-order valence-corrected chi connectivity index (χ4v) is 1.27. The normalized spacial score (nSPS) is 9.72. The van der Waals surface area contributed by atoms with Crippen LogP contribution in [-0.4, -0.2) is 26.7 Å². The highest BCUT2D eigenvalue weighted by Gasteiger charge is 1.93. The third-order valence-corrected chi connectivity index (χ3v) is 2.19. The second kappa shape index (κ2) is 7.18. The number of anilines is 1. The lowest BCUT2D eigenvalue weighted by Gasteiger charge is -2.11. The number of ether oxygens (including phenoxy) is 1. The Kier molecular flexibility index (Phi) is 5.53. The Morgan fingerprint density at radius 3 is 2.56 bits per heavy atom. The van der Waals surface area contributed by atoms with Gasteiger partial charge in [-0.3, -0.25) is 0 Å². The van der Waals surface area contributed by atoms with Gasteiger partial charge in [-0.2, -0.15) is 0 Å². The number of hydrogen-bond donors (Lipinski definition) is 0. The Hall–Kier alpha value is -2.21. The molecule has 3 heteroatoms. The quantitative estimate of drug-likeness (QED) is 0.463. The average Bonchev–Trinajstić information content (AvgIpc) is 2.35. The summed E-state index contributed by atoms with van der Waals surface area (Å²) in [5.41, 5.74) is 2.04. The molecule has 0 spiro atoms. The molecule has 94 valence electrons. The summed E-state index contributed by atoms with van der Waals surface area (Å²) in [4.78, 5) is 13.0. The van der Waals surface area contributed by atoms with E-state index in [9.17, 15) is 4.79 Å². The molecule has 1 aromatic carbocycles. The number of allylic oxidation sites excluding steroid dienone is 1. The number of esters is 1. The van der Waals surface area contributed by atoms with E-state index in [1.54, 1.807) is 6.92 Å². The van der Waals surface area contributed by atoms with E-state index < -0.39 is 0 Å². The highest BCUT2D eigenvalue weighted by atomic mass is 16.5. The lowest BCUT2D eigenvalue weighted by molar-refractivity contribution is -0.137. The third kappa shape index (κ3) is 4.75. The Bertz CT molecular complexity index is 475. The molecule has 3 nitrogen and oxygen atoms in total. The molecule has 0 N–H and O–H groups in total. The van der Waals surface area contributed by atoms with Crippen LogP contribution < -0.4 is 4.90 Å². The van der Waals surface area contributed by atoms with E-state index in [1.807, 2.05) is 43.3 Å². The fraction of sp³-hybridized carbons (Fsp3) is 0.267. The van der Waals surface area contributed by atoms with Crippen LogP contribution in [0.4, 0.5) is 5.69 Å². The van der Waals surface area contributed by atoms with Crippen LogP contribution in [0.2, 0.25) is 0 Å². The van der Waals surface area contributed by atoms with Gasteiger partial charge < -0.3 is 9.64 Å². The topological polar surface area (TPSA) is 29.5 Å². The highest BCUT2D eigenvalue weighted by molar-refractivity contribution is 5.82. The van der Waals surface area contributed by atoms with Gasteiger partial charge in [-0.25, -0.2) is 4.79 Å². The van der Waals surface area contributed by atoms with Crippen LogP contribution in [0.15, 0.2) is 36.4 Å². The van der Waals surface area contributed by atoms with E-state index in [0.717, 1.165) is 11.3 Å². The molecule has 0 amide bonds. The Morgan fingerprint density at radius 1 is 1.33 bits per heavy atom. The SMILES string of the molecule is CCOC(=O)/C=C/C#Cc1ccc(N(C)C)cc1. The lowest BCUT2D eigenvalue weighted by Crippen LogP contribution is -2.07. The van der Waals surface area contributed by atoms with Gasteiger partial charge in [0.25, 0.3) is 0 Å². The van der Waals surface area contributed by atoms with Crippen LogP contribution in [0.1, 0.15) is 12.5 Å². The molecule has 0 saturated carbocycles. The van der Waals surface area contributed by atoms with Crippen molar-refractivity contribution < 1.29 is 9.53 Å². The summed E-state index contributed by atoms with van der Waals surface area (Å²) in [6, 6.07) is 7.89. The number of benzene rings is 1. The first-order chi connectivity index (χ1) is 8.63. The summed E-state index contributed by atoms with van der Waals surface area (Å²) >= 11 is 0. The van der Waals surface area contributed by atoms with Crippen LogP contribution in [0.3, 0.4) is 0 Å². The van der Waals surface area contributed by atoms with Crippen molar-refractivity contribution in [2.45, 2.75) is 6.92 Å². The maximum atomic E-state index is 11.0. The predicted octanol–water partition coefficient (Wildman–Crippen LogP) is 2.22. The monoisotopic (exact) mass is 243 g/mol. The van der Waals surface area contributed by atoms with Gasteiger partial charge in [0.05, 0.1) is 6.61 Å². The summed E-state index contributed by atoms with van der Waals surface area (Å²) in [6.45, 7) is 2.15. The van der Waals surface area contributed by atoms with Gasteiger partial charge in [-0.05, 0) is 37.3 Å². The zero-order valence-electron chi connectivity index (χ0n) is 10.9. The van der Waals surface area contributed by atoms with Crippen LogP contribution in [0, 0.1) is 11.8 Å². The molecule has 0 unspecified atom stereocenters. The average molecular weight is 243 g/mol. The van der Waals surface area contributed by atoms with E-state index in [-0.39, 0.29) is 5.97 Å². The maximum Gasteiger partial charge on any atom is 0.331 e. The molecular weight excluding hydrogens is 226 g/mol. The van der Waals surface area contributed by atoms with Crippen LogP contribution in [0.5, 0.6) is 0 Å². The Balaban J connectivity index is 2.60. The minimum Gasteiger partial charge on any atom is -0.463 e. The van der Waals surface area contributed by atoms with Gasteiger partial charge in [0.2, 0.25) is 0 Å². The molecular formula is C15H17NO2. The van der Waals surface area contributed by atoms with Crippen molar-refractivity contribution in [1.29, 1.82) is 0 Å². The third-order valence-electron chi connectivity index (χ3n) is 2.19. The van der Waals surface area contributed by atoms with Crippen molar-refractivity contribution in [3.8, 4) is 11.8 Å². The fourth-order valence-electron chi connectivity index (χ4n) is 1.27. The first-order valence-electron chi connectivity index (χ1n) is 5.75. The molecule has 1 aromatic rings. The molecule has 0 atom stereocenters. The van der Waals surface area contributed by atoms with Gasteiger partial charge in [0, 0.05) is 31.4 Å². The molecule has 18 heavy (non-hydrogen) atoms. The summed E-state index contributed by atoms with van der Waals surface area (Å²) in [7, 11) is 3.98.